The molecule has 0 radical (unpaired) electrons. The molecule has 94 valence electrons. The van der Waals surface area contributed by atoms with Crippen LogP contribution in [0.25, 0.3) is 0 Å². The second-order valence-electron chi connectivity index (χ2n) is 4.97. The maximum Gasteiger partial charge on any atom is 0.146 e. The molecule has 0 aliphatic carbocycles. The van der Waals surface area contributed by atoms with E-state index in [1.54, 1.807) is 19.1 Å². The number of piperidine rings is 1. The Balaban J connectivity index is 2.22. The topological polar surface area (TPSA) is 43.7 Å². The molecule has 2 N–H and O–H groups in total. The van der Waals surface area contributed by atoms with Gasteiger partial charge in [0.25, 0.3) is 0 Å². The molecule has 0 spiro atoms. The molecule has 1 aromatic carbocycles. The SMILES string of the molecule is CC1(O)CCCN(c2ccc(CO)cc2F)C1. The van der Waals surface area contributed by atoms with Gasteiger partial charge >= 0.3 is 0 Å². The minimum atomic E-state index is -0.750. The van der Waals surface area contributed by atoms with Crippen LogP contribution in [0.4, 0.5) is 10.1 Å². The Hall–Kier alpha value is -1.13. The second kappa shape index (κ2) is 4.63. The maximum atomic E-state index is 13.8. The number of aliphatic hydroxyl groups is 2. The van der Waals surface area contributed by atoms with Gasteiger partial charge < -0.3 is 15.1 Å². The number of hydrogen-bond acceptors (Lipinski definition) is 3. The third-order valence-electron chi connectivity index (χ3n) is 3.21. The van der Waals surface area contributed by atoms with Crippen LogP contribution in [-0.2, 0) is 6.61 Å². The van der Waals surface area contributed by atoms with Crippen LogP contribution in [0.2, 0.25) is 0 Å². The summed E-state index contributed by atoms with van der Waals surface area (Å²) in [6, 6.07) is 4.72. The summed E-state index contributed by atoms with van der Waals surface area (Å²) in [5.74, 6) is -0.339. The highest BCUT2D eigenvalue weighted by molar-refractivity contribution is 5.50. The fourth-order valence-corrected chi connectivity index (χ4v) is 2.33. The lowest BCUT2D eigenvalue weighted by molar-refractivity contribution is 0.0447. The second-order valence-corrected chi connectivity index (χ2v) is 4.97. The zero-order chi connectivity index (χ0) is 12.5. The van der Waals surface area contributed by atoms with Gasteiger partial charge in [0.05, 0.1) is 17.9 Å². The number of anilines is 1. The molecule has 1 heterocycles. The fourth-order valence-electron chi connectivity index (χ4n) is 2.33. The van der Waals surface area contributed by atoms with E-state index in [0.29, 0.717) is 17.8 Å². The maximum absolute atomic E-state index is 13.8. The molecule has 1 aliphatic heterocycles. The number of aliphatic hydroxyl groups excluding tert-OH is 1. The Morgan fingerprint density at radius 3 is 2.82 bits per heavy atom. The minimum absolute atomic E-state index is 0.158. The van der Waals surface area contributed by atoms with Gasteiger partial charge in [-0.25, -0.2) is 4.39 Å². The molecule has 1 atom stereocenters. The molecule has 0 bridgehead atoms. The van der Waals surface area contributed by atoms with Crippen molar-refractivity contribution < 1.29 is 14.6 Å². The highest BCUT2D eigenvalue weighted by Crippen LogP contribution is 2.28. The standard InChI is InChI=1S/C13H18FNO2/c1-13(17)5-2-6-15(9-13)12-4-3-10(8-16)7-11(12)14/h3-4,7,16-17H,2,5-6,8-9H2,1H3. The molecule has 0 saturated carbocycles. The van der Waals surface area contributed by atoms with Crippen molar-refractivity contribution in [1.82, 2.24) is 0 Å². The molecular weight excluding hydrogens is 221 g/mol. The van der Waals surface area contributed by atoms with Crippen molar-refractivity contribution >= 4 is 5.69 Å². The van der Waals surface area contributed by atoms with Gasteiger partial charge in [-0.15, -0.1) is 0 Å². The van der Waals surface area contributed by atoms with E-state index in [4.69, 9.17) is 5.11 Å². The zero-order valence-electron chi connectivity index (χ0n) is 9.99. The fraction of sp³-hybridized carbons (Fsp3) is 0.538. The van der Waals surface area contributed by atoms with Crippen LogP contribution in [0.15, 0.2) is 18.2 Å². The molecule has 17 heavy (non-hydrogen) atoms. The van der Waals surface area contributed by atoms with Crippen molar-refractivity contribution in [2.75, 3.05) is 18.0 Å². The van der Waals surface area contributed by atoms with Crippen molar-refractivity contribution in [3.8, 4) is 0 Å². The molecule has 2 rings (SSSR count). The van der Waals surface area contributed by atoms with E-state index >= 15 is 0 Å². The number of halogens is 1. The Morgan fingerprint density at radius 2 is 2.24 bits per heavy atom. The van der Waals surface area contributed by atoms with Crippen LogP contribution in [0.5, 0.6) is 0 Å². The summed E-state index contributed by atoms with van der Waals surface area (Å²) in [5, 5.41) is 18.9. The summed E-state index contributed by atoms with van der Waals surface area (Å²) < 4.78 is 13.8. The molecule has 0 amide bonds. The molecule has 1 fully saturated rings. The third kappa shape index (κ3) is 2.76. The van der Waals surface area contributed by atoms with Gasteiger partial charge in [0.2, 0.25) is 0 Å². The molecule has 0 aromatic heterocycles. The van der Waals surface area contributed by atoms with Crippen molar-refractivity contribution in [2.24, 2.45) is 0 Å². The lowest BCUT2D eigenvalue weighted by Gasteiger charge is -2.38. The number of nitrogens with zero attached hydrogens (tertiary/aromatic N) is 1. The minimum Gasteiger partial charge on any atom is -0.392 e. The Morgan fingerprint density at radius 1 is 1.47 bits per heavy atom. The van der Waals surface area contributed by atoms with E-state index in [1.807, 2.05) is 4.90 Å². The Kier molecular flexibility index (Phi) is 3.35. The predicted octanol–water partition coefficient (Wildman–Crippen LogP) is 1.67. The molecular formula is C13H18FNO2. The van der Waals surface area contributed by atoms with Crippen LogP contribution >= 0.6 is 0 Å². The van der Waals surface area contributed by atoms with E-state index < -0.39 is 5.60 Å². The first-order chi connectivity index (χ1) is 8.02. The molecule has 4 heteroatoms. The summed E-state index contributed by atoms with van der Waals surface area (Å²) in [6.07, 6.45) is 1.61. The van der Waals surface area contributed by atoms with E-state index in [0.717, 1.165) is 19.4 Å². The van der Waals surface area contributed by atoms with Crippen LogP contribution < -0.4 is 4.90 Å². The average molecular weight is 239 g/mol. The van der Waals surface area contributed by atoms with Gasteiger partial charge in [0.15, 0.2) is 0 Å². The molecule has 1 aromatic rings. The first-order valence-electron chi connectivity index (χ1n) is 5.88. The van der Waals surface area contributed by atoms with Gasteiger partial charge in [-0.2, -0.15) is 0 Å². The summed E-state index contributed by atoms with van der Waals surface area (Å²) in [6.45, 7) is 2.82. The number of β-amino-alcohol motifs (C(OH)–C–C–N with tert-alkyl or cyclic N) is 1. The molecule has 1 aliphatic rings. The first-order valence-corrected chi connectivity index (χ1v) is 5.88. The number of rotatable bonds is 2. The van der Waals surface area contributed by atoms with Gasteiger partial charge in [-0.3, -0.25) is 0 Å². The summed E-state index contributed by atoms with van der Waals surface area (Å²) in [5.41, 5.74) is 0.317. The van der Waals surface area contributed by atoms with E-state index in [2.05, 4.69) is 0 Å². The Bertz CT molecular complexity index is 406. The van der Waals surface area contributed by atoms with E-state index in [-0.39, 0.29) is 12.4 Å². The predicted molar refractivity (Wildman–Crippen MR) is 64.4 cm³/mol. The summed E-state index contributed by atoms with van der Waals surface area (Å²) in [4.78, 5) is 1.86. The molecule has 3 nitrogen and oxygen atoms in total. The Labute approximate surface area is 100 Å². The zero-order valence-corrected chi connectivity index (χ0v) is 9.99. The van der Waals surface area contributed by atoms with Crippen LogP contribution in [0.1, 0.15) is 25.3 Å². The lowest BCUT2D eigenvalue weighted by atomic mass is 9.94. The number of benzene rings is 1. The largest absolute Gasteiger partial charge is 0.392 e. The van der Waals surface area contributed by atoms with Gasteiger partial charge in [-0.05, 0) is 37.5 Å². The average Bonchev–Trinajstić information content (AvgIpc) is 2.27. The van der Waals surface area contributed by atoms with Crippen molar-refractivity contribution in [2.45, 2.75) is 32.0 Å². The van der Waals surface area contributed by atoms with Crippen molar-refractivity contribution in [3.05, 3.63) is 29.6 Å². The van der Waals surface area contributed by atoms with Crippen LogP contribution in [0, 0.1) is 5.82 Å². The highest BCUT2D eigenvalue weighted by Gasteiger charge is 2.29. The van der Waals surface area contributed by atoms with Crippen LogP contribution in [0.3, 0.4) is 0 Å². The monoisotopic (exact) mass is 239 g/mol. The number of hydrogen-bond donors (Lipinski definition) is 2. The van der Waals surface area contributed by atoms with Crippen molar-refractivity contribution in [1.29, 1.82) is 0 Å². The van der Waals surface area contributed by atoms with Crippen LogP contribution in [-0.4, -0.2) is 28.9 Å². The molecule has 1 unspecified atom stereocenters. The summed E-state index contributed by atoms with van der Waals surface area (Å²) in [7, 11) is 0. The lowest BCUT2D eigenvalue weighted by Crippen LogP contribution is -2.46. The van der Waals surface area contributed by atoms with E-state index in [9.17, 15) is 9.50 Å². The van der Waals surface area contributed by atoms with Crippen molar-refractivity contribution in [3.63, 3.8) is 0 Å². The molecule has 1 saturated heterocycles. The smallest absolute Gasteiger partial charge is 0.146 e. The van der Waals surface area contributed by atoms with Gasteiger partial charge in [0, 0.05) is 13.1 Å². The third-order valence-corrected chi connectivity index (χ3v) is 3.21. The highest BCUT2D eigenvalue weighted by atomic mass is 19.1. The van der Waals surface area contributed by atoms with Gasteiger partial charge in [-0.1, -0.05) is 6.07 Å². The van der Waals surface area contributed by atoms with Gasteiger partial charge in [0.1, 0.15) is 5.82 Å². The quantitative estimate of drug-likeness (QED) is 0.825. The first kappa shape index (κ1) is 12.3. The van der Waals surface area contributed by atoms with E-state index in [1.165, 1.54) is 6.07 Å². The normalized spacial score (nSPS) is 25.1. The summed E-state index contributed by atoms with van der Waals surface area (Å²) >= 11 is 0.